The summed E-state index contributed by atoms with van der Waals surface area (Å²) in [6, 6.07) is 10.6. The fourth-order valence-corrected chi connectivity index (χ4v) is 4.29. The zero-order valence-corrected chi connectivity index (χ0v) is 13.3. The summed E-state index contributed by atoms with van der Waals surface area (Å²) < 4.78 is 24.2. The van der Waals surface area contributed by atoms with Crippen molar-refractivity contribution in [3.8, 4) is 0 Å². The number of nitrogens with one attached hydrogen (secondary N) is 1. The normalized spacial score (nSPS) is 11.7. The van der Waals surface area contributed by atoms with E-state index in [1.165, 1.54) is 4.88 Å². The third-order valence-electron chi connectivity index (χ3n) is 2.85. The standard InChI is InChI=1S/C14H16ClNO2S2/c15-13-5-1-2-6-14(13)20(17,18)11-9-16-8-7-12-4-3-10-19-12/h1-6,10,16H,7-9,11H2. The lowest BCUT2D eigenvalue weighted by molar-refractivity contribution is 0.591. The van der Waals surface area contributed by atoms with Crippen LogP contribution < -0.4 is 5.32 Å². The van der Waals surface area contributed by atoms with Crippen LogP contribution in [0.25, 0.3) is 0 Å². The summed E-state index contributed by atoms with van der Waals surface area (Å²) in [4.78, 5) is 1.51. The van der Waals surface area contributed by atoms with Gasteiger partial charge in [-0.15, -0.1) is 11.3 Å². The van der Waals surface area contributed by atoms with Gasteiger partial charge in [0, 0.05) is 11.4 Å². The van der Waals surface area contributed by atoms with Crippen molar-refractivity contribution in [2.75, 3.05) is 18.8 Å². The lowest BCUT2D eigenvalue weighted by Gasteiger charge is -2.07. The topological polar surface area (TPSA) is 46.2 Å². The van der Waals surface area contributed by atoms with Crippen molar-refractivity contribution in [3.05, 3.63) is 51.7 Å². The molecule has 6 heteroatoms. The third kappa shape index (κ3) is 4.31. The molecule has 2 rings (SSSR count). The molecule has 0 aliphatic heterocycles. The van der Waals surface area contributed by atoms with Crippen molar-refractivity contribution in [1.29, 1.82) is 0 Å². The van der Waals surface area contributed by atoms with Crippen LogP contribution in [0.5, 0.6) is 0 Å². The average molecular weight is 330 g/mol. The third-order valence-corrected chi connectivity index (χ3v) is 5.99. The van der Waals surface area contributed by atoms with Gasteiger partial charge in [0.05, 0.1) is 15.7 Å². The van der Waals surface area contributed by atoms with Crippen LogP contribution in [-0.4, -0.2) is 27.3 Å². The smallest absolute Gasteiger partial charge is 0.181 e. The molecule has 0 saturated carbocycles. The van der Waals surface area contributed by atoms with Gasteiger partial charge in [0.1, 0.15) is 0 Å². The van der Waals surface area contributed by atoms with Gasteiger partial charge in [-0.2, -0.15) is 0 Å². The number of benzene rings is 1. The first kappa shape index (κ1) is 15.5. The van der Waals surface area contributed by atoms with Crippen LogP contribution in [0.4, 0.5) is 0 Å². The van der Waals surface area contributed by atoms with E-state index in [1.807, 2.05) is 11.4 Å². The van der Waals surface area contributed by atoms with E-state index < -0.39 is 9.84 Å². The SMILES string of the molecule is O=S(=O)(CCNCCc1cccs1)c1ccccc1Cl. The Morgan fingerprint density at radius 1 is 1.10 bits per heavy atom. The summed E-state index contributed by atoms with van der Waals surface area (Å²) in [5.74, 6) is 0.0567. The maximum absolute atomic E-state index is 12.1. The van der Waals surface area contributed by atoms with Gasteiger partial charge in [-0.1, -0.05) is 29.8 Å². The quantitative estimate of drug-likeness (QED) is 0.794. The van der Waals surface area contributed by atoms with Gasteiger partial charge in [0.2, 0.25) is 0 Å². The van der Waals surface area contributed by atoms with E-state index in [-0.39, 0.29) is 15.7 Å². The molecule has 3 nitrogen and oxygen atoms in total. The van der Waals surface area contributed by atoms with Crippen LogP contribution in [-0.2, 0) is 16.3 Å². The Bertz CT molecular complexity index is 639. The Kier molecular flexibility index (Phi) is 5.60. The van der Waals surface area contributed by atoms with Gasteiger partial charge < -0.3 is 5.32 Å². The molecule has 0 aliphatic rings. The molecule has 1 aromatic carbocycles. The Balaban J connectivity index is 1.80. The Morgan fingerprint density at radius 2 is 1.90 bits per heavy atom. The predicted molar refractivity (Wildman–Crippen MR) is 84.4 cm³/mol. The van der Waals surface area contributed by atoms with Crippen molar-refractivity contribution in [3.63, 3.8) is 0 Å². The van der Waals surface area contributed by atoms with Crippen LogP contribution in [0, 0.1) is 0 Å². The minimum atomic E-state index is -3.32. The molecule has 0 saturated heterocycles. The first-order valence-electron chi connectivity index (χ1n) is 6.30. The molecule has 0 amide bonds. The Morgan fingerprint density at radius 3 is 2.60 bits per heavy atom. The fraction of sp³-hybridized carbons (Fsp3) is 0.286. The van der Waals surface area contributed by atoms with Gasteiger partial charge in [-0.05, 0) is 36.5 Å². The lowest BCUT2D eigenvalue weighted by atomic mass is 10.3. The lowest BCUT2D eigenvalue weighted by Crippen LogP contribution is -2.25. The van der Waals surface area contributed by atoms with E-state index in [0.29, 0.717) is 6.54 Å². The molecule has 1 aromatic heterocycles. The number of sulfone groups is 1. The number of rotatable bonds is 7. The largest absolute Gasteiger partial charge is 0.315 e. The molecule has 108 valence electrons. The molecule has 0 atom stereocenters. The van der Waals surface area contributed by atoms with E-state index >= 15 is 0 Å². The first-order valence-corrected chi connectivity index (χ1v) is 9.21. The van der Waals surface area contributed by atoms with E-state index in [9.17, 15) is 8.42 Å². The summed E-state index contributed by atoms with van der Waals surface area (Å²) >= 11 is 7.63. The molecular formula is C14H16ClNO2S2. The van der Waals surface area contributed by atoms with E-state index in [4.69, 9.17) is 11.6 Å². The maximum Gasteiger partial charge on any atom is 0.181 e. The average Bonchev–Trinajstić information content (AvgIpc) is 2.91. The molecule has 0 radical (unpaired) electrons. The van der Waals surface area contributed by atoms with Crippen LogP contribution in [0.3, 0.4) is 0 Å². The van der Waals surface area contributed by atoms with Crippen LogP contribution >= 0.6 is 22.9 Å². The molecule has 0 aliphatic carbocycles. The summed E-state index contributed by atoms with van der Waals surface area (Å²) in [6.45, 7) is 1.21. The molecule has 2 aromatic rings. The van der Waals surface area contributed by atoms with Crippen molar-refractivity contribution in [2.24, 2.45) is 0 Å². The second-order valence-electron chi connectivity index (χ2n) is 4.33. The number of thiophene rings is 1. The van der Waals surface area contributed by atoms with Crippen molar-refractivity contribution in [2.45, 2.75) is 11.3 Å². The van der Waals surface area contributed by atoms with Crippen LogP contribution in [0.15, 0.2) is 46.7 Å². The highest BCUT2D eigenvalue weighted by Crippen LogP contribution is 2.21. The highest BCUT2D eigenvalue weighted by Gasteiger charge is 2.16. The molecular weight excluding hydrogens is 314 g/mol. The molecule has 0 fully saturated rings. The molecule has 0 spiro atoms. The van der Waals surface area contributed by atoms with Crippen LogP contribution in [0.1, 0.15) is 4.88 Å². The minimum Gasteiger partial charge on any atom is -0.315 e. The number of hydrogen-bond donors (Lipinski definition) is 1. The molecule has 0 bridgehead atoms. The predicted octanol–water partition coefficient (Wildman–Crippen LogP) is 3.01. The van der Waals surface area contributed by atoms with E-state index in [0.717, 1.165) is 13.0 Å². The summed E-state index contributed by atoms with van der Waals surface area (Å²) in [7, 11) is -3.32. The monoisotopic (exact) mass is 329 g/mol. The van der Waals surface area contributed by atoms with Gasteiger partial charge in [0.15, 0.2) is 9.84 Å². The van der Waals surface area contributed by atoms with Crippen LogP contribution in [0.2, 0.25) is 5.02 Å². The number of halogens is 1. The highest BCUT2D eigenvalue weighted by molar-refractivity contribution is 7.91. The van der Waals surface area contributed by atoms with E-state index in [2.05, 4.69) is 11.4 Å². The summed E-state index contributed by atoms with van der Waals surface area (Å²) in [6.07, 6.45) is 0.920. The zero-order valence-electron chi connectivity index (χ0n) is 10.9. The number of hydrogen-bond acceptors (Lipinski definition) is 4. The zero-order chi connectivity index (χ0) is 14.4. The molecule has 1 N–H and O–H groups in total. The summed E-state index contributed by atoms with van der Waals surface area (Å²) in [5, 5.41) is 5.48. The molecule has 1 heterocycles. The first-order chi connectivity index (χ1) is 9.59. The van der Waals surface area contributed by atoms with Gasteiger partial charge in [-0.3, -0.25) is 0 Å². The van der Waals surface area contributed by atoms with Crippen molar-refractivity contribution in [1.82, 2.24) is 5.32 Å². The minimum absolute atomic E-state index is 0.0567. The second-order valence-corrected chi connectivity index (χ2v) is 7.85. The molecule has 0 unspecified atom stereocenters. The van der Waals surface area contributed by atoms with E-state index in [1.54, 1.807) is 35.6 Å². The Labute approximate surface area is 128 Å². The Hall–Kier alpha value is -0.880. The highest BCUT2D eigenvalue weighted by atomic mass is 35.5. The van der Waals surface area contributed by atoms with Crippen molar-refractivity contribution >= 4 is 32.8 Å². The maximum atomic E-state index is 12.1. The van der Waals surface area contributed by atoms with Gasteiger partial charge in [-0.25, -0.2) is 8.42 Å². The fourth-order valence-electron chi connectivity index (χ4n) is 1.80. The summed E-state index contributed by atoms with van der Waals surface area (Å²) in [5.41, 5.74) is 0. The second kappa shape index (κ2) is 7.22. The van der Waals surface area contributed by atoms with Gasteiger partial charge in [0.25, 0.3) is 0 Å². The van der Waals surface area contributed by atoms with Gasteiger partial charge >= 0.3 is 0 Å². The van der Waals surface area contributed by atoms with Crippen molar-refractivity contribution < 1.29 is 8.42 Å². The molecule has 20 heavy (non-hydrogen) atoms.